The van der Waals surface area contributed by atoms with Crippen LogP contribution in [0, 0.1) is 5.82 Å². The Balaban J connectivity index is 1.93. The Hall–Kier alpha value is -2.26. The van der Waals surface area contributed by atoms with Crippen LogP contribution in [-0.4, -0.2) is 16.0 Å². The number of nitrogens with one attached hydrogen (secondary N) is 1. The van der Waals surface area contributed by atoms with E-state index >= 15 is 0 Å². The molecule has 0 fully saturated rings. The summed E-state index contributed by atoms with van der Waals surface area (Å²) < 4.78 is 53.8. The van der Waals surface area contributed by atoms with Gasteiger partial charge in [0.2, 0.25) is 0 Å². The maximum atomic E-state index is 14.3. The highest BCUT2D eigenvalue weighted by molar-refractivity contribution is 8.13. The zero-order chi connectivity index (χ0) is 20.5. The second-order valence-electron chi connectivity index (χ2n) is 6.65. The fraction of sp³-hybridized carbons (Fsp3) is 0.316. The molecule has 28 heavy (non-hydrogen) atoms. The molecule has 1 aliphatic rings. The van der Waals surface area contributed by atoms with Crippen LogP contribution in [0.4, 0.5) is 23.2 Å². The van der Waals surface area contributed by atoms with Crippen LogP contribution >= 0.6 is 11.8 Å². The first-order valence-electron chi connectivity index (χ1n) is 8.49. The van der Waals surface area contributed by atoms with E-state index in [0.717, 1.165) is 17.9 Å². The molecule has 2 unspecified atom stereocenters. The molecule has 2 aromatic rings. The van der Waals surface area contributed by atoms with E-state index in [1.807, 2.05) is 6.92 Å². The SMILES string of the molecule is CC1(c2ccc(F)c(NC(O)c3ccccc3C(F)(F)F)c2)CCSC(N)=N1. The van der Waals surface area contributed by atoms with Crippen molar-refractivity contribution in [2.24, 2.45) is 10.7 Å². The predicted molar refractivity (Wildman–Crippen MR) is 102 cm³/mol. The zero-order valence-corrected chi connectivity index (χ0v) is 15.7. The molecular formula is C19H19F4N3OS. The summed E-state index contributed by atoms with van der Waals surface area (Å²) in [6, 6.07) is 8.81. The number of rotatable bonds is 4. The number of hydrogen-bond donors (Lipinski definition) is 3. The molecule has 150 valence electrons. The lowest BCUT2D eigenvalue weighted by Crippen LogP contribution is -2.29. The van der Waals surface area contributed by atoms with Gasteiger partial charge in [-0.1, -0.05) is 36.0 Å². The fourth-order valence-corrected chi connectivity index (χ4v) is 4.06. The second kappa shape index (κ2) is 7.63. The molecule has 3 rings (SSSR count). The number of nitrogens with two attached hydrogens (primary N) is 1. The first kappa shape index (κ1) is 20.5. The third kappa shape index (κ3) is 4.25. The van der Waals surface area contributed by atoms with Gasteiger partial charge in [0.15, 0.2) is 11.4 Å². The number of aliphatic hydroxyl groups is 1. The summed E-state index contributed by atoms with van der Waals surface area (Å²) in [4.78, 5) is 4.43. The van der Waals surface area contributed by atoms with Gasteiger partial charge in [0.1, 0.15) is 5.82 Å². The fourth-order valence-electron chi connectivity index (χ4n) is 3.08. The normalized spacial score (nSPS) is 21.1. The van der Waals surface area contributed by atoms with E-state index in [-0.39, 0.29) is 11.3 Å². The molecule has 0 spiro atoms. The summed E-state index contributed by atoms with van der Waals surface area (Å²) >= 11 is 1.43. The molecule has 9 heteroatoms. The largest absolute Gasteiger partial charge is 0.416 e. The average Bonchev–Trinajstić information content (AvgIpc) is 2.62. The Morgan fingerprint density at radius 2 is 1.96 bits per heavy atom. The second-order valence-corrected chi connectivity index (χ2v) is 7.76. The lowest BCUT2D eigenvalue weighted by molar-refractivity contribution is -0.139. The minimum absolute atomic E-state index is 0.116. The maximum absolute atomic E-state index is 14.3. The number of anilines is 1. The molecule has 0 bridgehead atoms. The monoisotopic (exact) mass is 413 g/mol. The summed E-state index contributed by atoms with van der Waals surface area (Å²) in [6.07, 6.45) is -5.71. The molecule has 0 aromatic heterocycles. The van der Waals surface area contributed by atoms with Crippen molar-refractivity contribution in [2.75, 3.05) is 11.1 Å². The van der Waals surface area contributed by atoms with E-state index in [9.17, 15) is 22.7 Å². The molecule has 2 atom stereocenters. The number of hydrogen-bond acceptors (Lipinski definition) is 5. The lowest BCUT2D eigenvalue weighted by Gasteiger charge is -2.30. The van der Waals surface area contributed by atoms with Crippen LogP contribution in [0.1, 0.15) is 36.3 Å². The summed E-state index contributed by atoms with van der Waals surface area (Å²) in [6.45, 7) is 1.85. The van der Waals surface area contributed by atoms with Crippen molar-refractivity contribution in [2.45, 2.75) is 31.3 Å². The van der Waals surface area contributed by atoms with E-state index in [0.29, 0.717) is 17.2 Å². The number of thioether (sulfide) groups is 1. The highest BCUT2D eigenvalue weighted by Crippen LogP contribution is 2.38. The Morgan fingerprint density at radius 3 is 2.64 bits per heavy atom. The van der Waals surface area contributed by atoms with Gasteiger partial charge in [0.25, 0.3) is 0 Å². The summed E-state index contributed by atoms with van der Waals surface area (Å²) in [5.74, 6) is 0.0473. The van der Waals surface area contributed by atoms with Gasteiger partial charge in [0.05, 0.1) is 16.8 Å². The van der Waals surface area contributed by atoms with Crippen LogP contribution in [0.25, 0.3) is 0 Å². The molecule has 0 saturated carbocycles. The topological polar surface area (TPSA) is 70.6 Å². The zero-order valence-electron chi connectivity index (χ0n) is 14.9. The molecule has 1 heterocycles. The first-order chi connectivity index (χ1) is 13.1. The van der Waals surface area contributed by atoms with Crippen molar-refractivity contribution in [3.05, 3.63) is 65.0 Å². The van der Waals surface area contributed by atoms with Crippen LogP contribution in [0.15, 0.2) is 47.5 Å². The van der Waals surface area contributed by atoms with E-state index in [4.69, 9.17) is 5.73 Å². The molecular weight excluding hydrogens is 394 g/mol. The molecule has 0 aliphatic carbocycles. The van der Waals surface area contributed by atoms with Crippen molar-refractivity contribution in [1.82, 2.24) is 0 Å². The van der Waals surface area contributed by atoms with Gasteiger partial charge >= 0.3 is 6.18 Å². The van der Waals surface area contributed by atoms with Crippen molar-refractivity contribution in [3.63, 3.8) is 0 Å². The third-order valence-corrected chi connectivity index (χ3v) is 5.43. The number of nitrogens with zero attached hydrogens (tertiary/aromatic N) is 1. The number of halogens is 4. The van der Waals surface area contributed by atoms with Gasteiger partial charge in [-0.3, -0.25) is 4.99 Å². The number of benzene rings is 2. The van der Waals surface area contributed by atoms with Gasteiger partial charge < -0.3 is 16.2 Å². The van der Waals surface area contributed by atoms with E-state index in [1.165, 1.54) is 36.0 Å². The lowest BCUT2D eigenvalue weighted by atomic mass is 9.89. The molecule has 0 radical (unpaired) electrons. The minimum atomic E-state index is -4.64. The smallest absolute Gasteiger partial charge is 0.379 e. The first-order valence-corrected chi connectivity index (χ1v) is 9.47. The van der Waals surface area contributed by atoms with Gasteiger partial charge in [-0.2, -0.15) is 13.2 Å². The molecule has 4 nitrogen and oxygen atoms in total. The van der Waals surface area contributed by atoms with E-state index in [2.05, 4.69) is 10.3 Å². The van der Waals surface area contributed by atoms with Crippen molar-refractivity contribution < 1.29 is 22.7 Å². The van der Waals surface area contributed by atoms with E-state index < -0.39 is 29.3 Å². The molecule has 2 aromatic carbocycles. The van der Waals surface area contributed by atoms with Crippen LogP contribution in [0.2, 0.25) is 0 Å². The van der Waals surface area contributed by atoms with Crippen molar-refractivity contribution in [1.29, 1.82) is 0 Å². The van der Waals surface area contributed by atoms with E-state index in [1.54, 1.807) is 6.07 Å². The Kier molecular flexibility index (Phi) is 5.58. The number of amidine groups is 1. The van der Waals surface area contributed by atoms with Crippen LogP contribution < -0.4 is 11.1 Å². The van der Waals surface area contributed by atoms with Crippen molar-refractivity contribution in [3.8, 4) is 0 Å². The third-order valence-electron chi connectivity index (χ3n) is 4.64. The number of alkyl halides is 3. The number of aliphatic imine (C=N–C) groups is 1. The highest BCUT2D eigenvalue weighted by Gasteiger charge is 2.35. The maximum Gasteiger partial charge on any atom is 0.416 e. The Bertz CT molecular complexity index is 903. The minimum Gasteiger partial charge on any atom is -0.379 e. The Labute approximate surface area is 163 Å². The molecule has 0 saturated heterocycles. The van der Waals surface area contributed by atoms with Crippen molar-refractivity contribution >= 4 is 22.6 Å². The summed E-state index contributed by atoms with van der Waals surface area (Å²) in [5, 5.41) is 13.2. The average molecular weight is 413 g/mol. The summed E-state index contributed by atoms with van der Waals surface area (Å²) in [7, 11) is 0. The van der Waals surface area contributed by atoms with Crippen LogP contribution in [0.5, 0.6) is 0 Å². The van der Waals surface area contributed by atoms with Gasteiger partial charge in [-0.05, 0) is 37.1 Å². The van der Waals surface area contributed by atoms with Gasteiger partial charge in [0, 0.05) is 11.3 Å². The highest BCUT2D eigenvalue weighted by atomic mass is 32.2. The van der Waals surface area contributed by atoms with Crippen LogP contribution in [-0.2, 0) is 11.7 Å². The Morgan fingerprint density at radius 1 is 1.25 bits per heavy atom. The quantitative estimate of drug-likeness (QED) is 0.506. The molecule has 0 amide bonds. The number of aliphatic hydroxyl groups excluding tert-OH is 1. The predicted octanol–water partition coefficient (Wildman–Crippen LogP) is 4.61. The molecule has 1 aliphatic heterocycles. The molecule has 4 N–H and O–H groups in total. The van der Waals surface area contributed by atoms with Gasteiger partial charge in [-0.25, -0.2) is 4.39 Å². The van der Waals surface area contributed by atoms with Crippen LogP contribution in [0.3, 0.4) is 0 Å². The van der Waals surface area contributed by atoms with Gasteiger partial charge in [-0.15, -0.1) is 0 Å². The standard InChI is InChI=1S/C19H19F4N3OS/c1-18(8-9-28-17(24)26-18)11-6-7-14(20)15(10-11)25-16(27)12-4-2-3-5-13(12)19(21,22)23/h2-7,10,16,25,27H,8-9H2,1H3,(H2,24,26). The summed E-state index contributed by atoms with van der Waals surface area (Å²) in [5.41, 5.74) is 4.29.